The fraction of sp³-hybridized carbons (Fsp3) is 0.333. The van der Waals surface area contributed by atoms with Crippen LogP contribution in [0.1, 0.15) is 42.5 Å². The van der Waals surface area contributed by atoms with E-state index in [0.717, 1.165) is 42.6 Å². The Kier molecular flexibility index (Phi) is 7.00. The van der Waals surface area contributed by atoms with E-state index in [2.05, 4.69) is 19.6 Å². The molecule has 1 aliphatic carbocycles. The van der Waals surface area contributed by atoms with Gasteiger partial charge < -0.3 is 14.7 Å². The summed E-state index contributed by atoms with van der Waals surface area (Å²) in [6.07, 6.45) is 7.54. The smallest absolute Gasteiger partial charge is 0.272 e. The van der Waals surface area contributed by atoms with E-state index in [1.807, 2.05) is 25.1 Å². The minimum Gasteiger partial charge on any atom is -0.479 e. The molecule has 1 fully saturated rings. The van der Waals surface area contributed by atoms with Gasteiger partial charge in [0.15, 0.2) is 6.23 Å². The minimum absolute atomic E-state index is 0.185. The van der Waals surface area contributed by atoms with E-state index >= 15 is 0 Å². The number of nitrogens with one attached hydrogen (secondary N) is 2. The Morgan fingerprint density at radius 2 is 1.89 bits per heavy atom. The summed E-state index contributed by atoms with van der Waals surface area (Å²) in [5, 5.41) is 11.8. The number of pyridine rings is 2. The number of nitrogens with zero attached hydrogens (tertiary/aromatic N) is 2. The molecular formula is C27H34N5O4S+. The second kappa shape index (κ2) is 10.2. The highest BCUT2D eigenvalue weighted by atomic mass is 32.3. The zero-order valence-electron chi connectivity index (χ0n) is 21.0. The van der Waals surface area contributed by atoms with Crippen molar-refractivity contribution in [3.8, 4) is 5.88 Å². The van der Waals surface area contributed by atoms with E-state index in [9.17, 15) is 14.2 Å². The van der Waals surface area contributed by atoms with Gasteiger partial charge >= 0.3 is 0 Å². The van der Waals surface area contributed by atoms with Gasteiger partial charge in [0.05, 0.1) is 23.8 Å². The summed E-state index contributed by atoms with van der Waals surface area (Å²) in [6.45, 7) is 2.00. The largest absolute Gasteiger partial charge is 0.479 e. The molecule has 1 saturated carbocycles. The molecule has 7 N–H and O–H groups in total. The highest BCUT2D eigenvalue weighted by Crippen LogP contribution is 2.49. The van der Waals surface area contributed by atoms with Crippen molar-refractivity contribution in [1.82, 2.24) is 4.98 Å². The number of nitrogens with two attached hydrogens (primary N) is 1. The van der Waals surface area contributed by atoms with E-state index in [0.29, 0.717) is 34.0 Å². The third-order valence-corrected chi connectivity index (χ3v) is 8.59. The van der Waals surface area contributed by atoms with Crippen molar-refractivity contribution >= 4 is 33.5 Å². The third kappa shape index (κ3) is 4.97. The maximum Gasteiger partial charge on any atom is 0.272 e. The van der Waals surface area contributed by atoms with Crippen LogP contribution in [0.4, 0.5) is 17.2 Å². The van der Waals surface area contributed by atoms with E-state index in [-0.39, 0.29) is 11.9 Å². The highest BCUT2D eigenvalue weighted by Gasteiger charge is 2.35. The fourth-order valence-electron chi connectivity index (χ4n) is 5.36. The molecule has 10 heteroatoms. The number of aliphatic hydroxyl groups excluding tert-OH is 1. The van der Waals surface area contributed by atoms with Crippen LogP contribution in [0.2, 0.25) is 0 Å². The lowest BCUT2D eigenvalue weighted by Crippen LogP contribution is -2.43. The van der Waals surface area contributed by atoms with Crippen LogP contribution < -0.4 is 25.1 Å². The van der Waals surface area contributed by atoms with Crippen molar-refractivity contribution in [2.24, 2.45) is 0 Å². The molecule has 3 heterocycles. The number of hydrogen-bond donors (Lipinski definition) is 5. The van der Waals surface area contributed by atoms with E-state index in [1.165, 1.54) is 7.11 Å². The molecule has 1 atom stereocenters. The van der Waals surface area contributed by atoms with Crippen LogP contribution >= 0.6 is 10.8 Å². The second-order valence-corrected chi connectivity index (χ2v) is 11.3. The van der Waals surface area contributed by atoms with Crippen LogP contribution in [-0.2, 0) is 6.42 Å². The Morgan fingerprint density at radius 3 is 2.59 bits per heavy atom. The van der Waals surface area contributed by atoms with Gasteiger partial charge in [0, 0.05) is 28.9 Å². The molecule has 1 unspecified atom stereocenters. The molecular weight excluding hydrogens is 490 g/mol. The van der Waals surface area contributed by atoms with Gasteiger partial charge in [-0.3, -0.25) is 19.6 Å². The van der Waals surface area contributed by atoms with Gasteiger partial charge in [-0.1, -0.05) is 47.9 Å². The number of ether oxygens (including phenoxy) is 1. The fourth-order valence-corrected chi connectivity index (χ4v) is 6.46. The zero-order valence-corrected chi connectivity index (χ0v) is 21.8. The van der Waals surface area contributed by atoms with Gasteiger partial charge in [-0.25, -0.2) is 9.97 Å². The molecule has 1 aromatic carbocycles. The number of H-pyrrole nitrogens is 1. The SMILES string of the molecule is COc1ncc(C2=CCc3c(cc(N)[nH+]c3C)N(C3CCCC3)C2O)cc1NS(O)(O)c1ccccc1. The molecule has 5 rings (SSSR count). The second-order valence-electron chi connectivity index (χ2n) is 9.54. The number of aromatic amines is 1. The lowest BCUT2D eigenvalue weighted by Gasteiger charge is -2.37. The van der Waals surface area contributed by atoms with Crippen LogP contribution in [-0.4, -0.2) is 38.6 Å². The van der Waals surface area contributed by atoms with Crippen molar-refractivity contribution in [3.05, 3.63) is 71.6 Å². The summed E-state index contributed by atoms with van der Waals surface area (Å²) >= 11 is 0. The van der Waals surface area contributed by atoms with Crippen molar-refractivity contribution < 1.29 is 23.9 Å². The van der Waals surface area contributed by atoms with Crippen LogP contribution in [0.15, 0.2) is 59.6 Å². The molecule has 2 aliphatic rings. The van der Waals surface area contributed by atoms with Crippen LogP contribution in [0.3, 0.4) is 0 Å². The van der Waals surface area contributed by atoms with Gasteiger partial charge in [0.25, 0.3) is 5.82 Å². The maximum atomic E-state index is 11.8. The molecule has 196 valence electrons. The highest BCUT2D eigenvalue weighted by molar-refractivity contribution is 8.25. The molecule has 1 aliphatic heterocycles. The molecule has 0 bridgehead atoms. The number of anilines is 3. The number of rotatable bonds is 6. The van der Waals surface area contributed by atoms with Crippen molar-refractivity contribution in [2.75, 3.05) is 22.5 Å². The summed E-state index contributed by atoms with van der Waals surface area (Å²) in [4.78, 5) is 10.1. The predicted molar refractivity (Wildman–Crippen MR) is 147 cm³/mol. The van der Waals surface area contributed by atoms with E-state index < -0.39 is 17.0 Å². The number of aromatic nitrogens is 2. The van der Waals surface area contributed by atoms with E-state index in [1.54, 1.807) is 36.5 Å². The van der Waals surface area contributed by atoms with Gasteiger partial charge in [-0.15, -0.1) is 0 Å². The average molecular weight is 525 g/mol. The van der Waals surface area contributed by atoms with Crippen molar-refractivity contribution in [3.63, 3.8) is 0 Å². The number of methoxy groups -OCH3 is 1. The predicted octanol–water partition coefficient (Wildman–Crippen LogP) is 4.64. The monoisotopic (exact) mass is 524 g/mol. The number of allylic oxidation sites excluding steroid dienone is 1. The number of benzene rings is 1. The first-order valence-corrected chi connectivity index (χ1v) is 14.0. The topological polar surface area (TPSA) is 138 Å². The first-order chi connectivity index (χ1) is 17.8. The Hall–Kier alpha value is -3.31. The molecule has 0 spiro atoms. The van der Waals surface area contributed by atoms with E-state index in [4.69, 9.17) is 10.5 Å². The lowest BCUT2D eigenvalue weighted by atomic mass is 10.0. The molecule has 0 amide bonds. The van der Waals surface area contributed by atoms with Gasteiger partial charge in [-0.05, 0) is 44.4 Å². The summed E-state index contributed by atoms with van der Waals surface area (Å²) in [5.41, 5.74) is 10.9. The summed E-state index contributed by atoms with van der Waals surface area (Å²) in [6, 6.07) is 12.4. The number of hydrogen-bond acceptors (Lipinski definition) is 8. The zero-order chi connectivity index (χ0) is 26.2. The number of nitrogen functional groups attached to an aromatic ring is 1. The number of aliphatic hydroxyl groups is 1. The Labute approximate surface area is 218 Å². The van der Waals surface area contributed by atoms with Gasteiger partial charge in [-0.2, -0.15) is 0 Å². The quantitative estimate of drug-likeness (QED) is 0.314. The Balaban J connectivity index is 1.56. The minimum atomic E-state index is -3.37. The van der Waals surface area contributed by atoms with Crippen LogP contribution in [0, 0.1) is 6.92 Å². The first-order valence-electron chi connectivity index (χ1n) is 12.4. The molecule has 0 saturated heterocycles. The molecule has 0 radical (unpaired) electrons. The van der Waals surface area contributed by atoms with Crippen molar-refractivity contribution in [2.45, 2.75) is 56.2 Å². The van der Waals surface area contributed by atoms with Crippen LogP contribution in [0.25, 0.3) is 5.57 Å². The van der Waals surface area contributed by atoms with Crippen molar-refractivity contribution in [1.29, 1.82) is 0 Å². The molecule has 2 aromatic heterocycles. The maximum absolute atomic E-state index is 11.8. The summed E-state index contributed by atoms with van der Waals surface area (Å²) < 4.78 is 30.0. The summed E-state index contributed by atoms with van der Waals surface area (Å²) in [7, 11) is -1.90. The average Bonchev–Trinajstić information content (AvgIpc) is 3.35. The summed E-state index contributed by atoms with van der Waals surface area (Å²) in [5.74, 6) is 0.774. The number of aryl methyl sites for hydroxylation is 1. The molecule has 37 heavy (non-hydrogen) atoms. The number of fused-ring (bicyclic) bond motifs is 1. The normalized spacial score (nSPS) is 18.7. The Bertz CT molecular complexity index is 1310. The molecule has 3 aromatic rings. The molecule has 9 nitrogen and oxygen atoms in total. The van der Waals surface area contributed by atoms with Gasteiger partial charge in [0.2, 0.25) is 5.88 Å². The Morgan fingerprint density at radius 1 is 1.16 bits per heavy atom. The third-order valence-electron chi connectivity index (χ3n) is 7.15. The van der Waals surface area contributed by atoms with Crippen LogP contribution in [0.5, 0.6) is 5.88 Å². The first kappa shape index (κ1) is 25.3. The standard InChI is InChI=1S/C27H33N5O4S/c1-17-21-12-13-22(27(33)32(19-8-6-7-9-19)24(21)15-25(28)30-17)18-14-23(26(36-2)29-16-18)31-37(34,35)20-10-4-3-5-11-20/h3-5,10-11,13-16,19,27,31,33-35H,6-9,12H2,1-2H3,(H2,28,30)/p+1. The lowest BCUT2D eigenvalue weighted by molar-refractivity contribution is -0.370. The van der Waals surface area contributed by atoms with Gasteiger partial charge in [0.1, 0.15) is 11.4 Å².